The highest BCUT2D eigenvalue weighted by molar-refractivity contribution is 6.41. The van der Waals surface area contributed by atoms with Crippen LogP contribution in [0.5, 0.6) is 0 Å². The monoisotopic (exact) mass is 524 g/mol. The minimum Gasteiger partial charge on any atom is -0.367 e. The highest BCUT2D eigenvalue weighted by atomic mass is 35.5. The summed E-state index contributed by atoms with van der Waals surface area (Å²) in [6.07, 6.45) is 6.04. The fourth-order valence-corrected chi connectivity index (χ4v) is 5.54. The highest BCUT2D eigenvalue weighted by Crippen LogP contribution is 2.28. The summed E-state index contributed by atoms with van der Waals surface area (Å²) >= 11 is 6.37. The zero-order chi connectivity index (χ0) is 26.5. The Bertz CT molecular complexity index is 1240. The van der Waals surface area contributed by atoms with Crippen LogP contribution in [0.3, 0.4) is 0 Å². The van der Waals surface area contributed by atoms with Gasteiger partial charge in [-0.25, -0.2) is 4.98 Å². The Kier molecular flexibility index (Phi) is 8.36. The molecule has 0 aliphatic carbocycles. The molecule has 2 saturated heterocycles. The Morgan fingerprint density at radius 1 is 0.974 bits per heavy atom. The zero-order valence-electron chi connectivity index (χ0n) is 21.5. The molecule has 2 aliphatic rings. The van der Waals surface area contributed by atoms with Gasteiger partial charge in [0.1, 0.15) is 11.5 Å². The van der Waals surface area contributed by atoms with E-state index in [9.17, 15) is 4.79 Å². The number of piperidine rings is 1. The van der Waals surface area contributed by atoms with Gasteiger partial charge in [-0.2, -0.15) is 0 Å². The molecule has 0 unspecified atom stereocenters. The van der Waals surface area contributed by atoms with Crippen LogP contribution in [0.4, 0.5) is 11.5 Å². The molecule has 10 heteroatoms. The van der Waals surface area contributed by atoms with E-state index in [0.29, 0.717) is 36.2 Å². The van der Waals surface area contributed by atoms with Crippen LogP contribution in [0.2, 0.25) is 5.02 Å². The molecule has 0 bridgehead atoms. The van der Waals surface area contributed by atoms with Crippen molar-refractivity contribution in [3.63, 3.8) is 0 Å². The summed E-state index contributed by atoms with van der Waals surface area (Å²) in [6, 6.07) is 17.4. The Balaban J connectivity index is 1.20. The van der Waals surface area contributed by atoms with Crippen molar-refractivity contribution < 1.29 is 4.79 Å². The van der Waals surface area contributed by atoms with Gasteiger partial charge in [-0.1, -0.05) is 35.9 Å². The third kappa shape index (κ3) is 6.40. The minimum absolute atomic E-state index is 0.294. The van der Waals surface area contributed by atoms with Crippen molar-refractivity contribution in [1.82, 2.24) is 19.8 Å². The van der Waals surface area contributed by atoms with Crippen molar-refractivity contribution in [1.29, 1.82) is 0 Å². The zero-order valence-corrected chi connectivity index (χ0v) is 22.2. The predicted octanol–water partition coefficient (Wildman–Crippen LogP) is 3.55. The number of pyridine rings is 2. The van der Waals surface area contributed by atoms with E-state index in [1.165, 1.54) is 5.56 Å². The number of halogens is 1. The lowest BCUT2D eigenvalue weighted by molar-refractivity contribution is 0.102. The summed E-state index contributed by atoms with van der Waals surface area (Å²) in [5, 5.41) is 2.62. The molecule has 7 nitrogen and oxygen atoms in total. The minimum atomic E-state index is -1.06. The summed E-state index contributed by atoms with van der Waals surface area (Å²) in [7, 11) is 13.3. The van der Waals surface area contributed by atoms with Crippen molar-refractivity contribution in [3.05, 3.63) is 83.3 Å². The number of rotatable bonds is 6. The van der Waals surface area contributed by atoms with Crippen molar-refractivity contribution in [2.24, 2.45) is 0 Å². The molecule has 192 valence electrons. The van der Waals surface area contributed by atoms with Gasteiger partial charge in [0, 0.05) is 48.8 Å². The molecule has 5 rings (SSSR count). The molecule has 0 spiro atoms. The molecule has 38 heavy (non-hydrogen) atoms. The van der Waals surface area contributed by atoms with Crippen molar-refractivity contribution in [2.45, 2.75) is 37.2 Å². The molecular formula is C28H31B2ClN6O. The Morgan fingerprint density at radius 3 is 2.50 bits per heavy atom. The Morgan fingerprint density at radius 2 is 1.74 bits per heavy atom. The van der Waals surface area contributed by atoms with E-state index in [-0.39, 0.29) is 5.91 Å². The number of aromatic nitrogens is 2. The van der Waals surface area contributed by atoms with Crippen LogP contribution in [-0.2, 0) is 6.54 Å². The second-order valence-electron chi connectivity index (χ2n) is 10.1. The van der Waals surface area contributed by atoms with Crippen molar-refractivity contribution in [3.8, 4) is 0 Å². The summed E-state index contributed by atoms with van der Waals surface area (Å²) < 4.78 is 0. The van der Waals surface area contributed by atoms with E-state index in [1.807, 2.05) is 35.2 Å². The van der Waals surface area contributed by atoms with Crippen LogP contribution in [0.25, 0.3) is 0 Å². The lowest BCUT2D eigenvalue weighted by Gasteiger charge is -2.39. The molecule has 0 saturated carbocycles. The number of anilines is 2. The van der Waals surface area contributed by atoms with E-state index in [2.05, 4.69) is 31.2 Å². The van der Waals surface area contributed by atoms with Crippen LogP contribution in [0.1, 0.15) is 35.3 Å². The molecule has 1 amide bonds. The summed E-state index contributed by atoms with van der Waals surface area (Å²) in [4.78, 5) is 28.3. The van der Waals surface area contributed by atoms with Gasteiger partial charge in [0.15, 0.2) is 0 Å². The van der Waals surface area contributed by atoms with Crippen molar-refractivity contribution >= 4 is 44.7 Å². The maximum atomic E-state index is 12.8. The van der Waals surface area contributed by atoms with Gasteiger partial charge in [0.05, 0.1) is 15.7 Å². The van der Waals surface area contributed by atoms with E-state index in [1.54, 1.807) is 30.6 Å². The third-order valence-electron chi connectivity index (χ3n) is 7.52. The first kappa shape index (κ1) is 26.7. The second-order valence-corrected chi connectivity index (χ2v) is 10.5. The highest BCUT2D eigenvalue weighted by Gasteiger charge is 2.34. The second kappa shape index (κ2) is 11.9. The van der Waals surface area contributed by atoms with Gasteiger partial charge in [-0.05, 0) is 80.1 Å². The largest absolute Gasteiger partial charge is 0.367 e. The van der Waals surface area contributed by atoms with Crippen LogP contribution in [0, 0.1) is 0 Å². The number of nitrogens with one attached hydrogen (secondary N) is 1. The first-order valence-corrected chi connectivity index (χ1v) is 13.5. The molecular weight excluding hydrogens is 493 g/mol. The quantitative estimate of drug-likeness (QED) is 0.498. The molecule has 2 aliphatic heterocycles. The number of nitrogens with zero attached hydrogens (tertiary/aromatic N) is 5. The average Bonchev–Trinajstić information content (AvgIpc) is 3.09. The van der Waals surface area contributed by atoms with Gasteiger partial charge < -0.3 is 10.2 Å². The molecule has 1 N–H and O–H groups in total. The summed E-state index contributed by atoms with van der Waals surface area (Å²) in [5.41, 5.74) is 2.15. The van der Waals surface area contributed by atoms with Crippen LogP contribution in [0.15, 0.2) is 67.0 Å². The number of benzene rings is 1. The third-order valence-corrected chi connectivity index (χ3v) is 7.89. The van der Waals surface area contributed by atoms with Gasteiger partial charge in [-0.3, -0.25) is 19.6 Å². The molecule has 2 fully saturated rings. The van der Waals surface area contributed by atoms with Gasteiger partial charge in [0.2, 0.25) is 0 Å². The lowest BCUT2D eigenvalue weighted by Crippen LogP contribution is -2.51. The number of amides is 1. The van der Waals surface area contributed by atoms with Crippen LogP contribution >= 0.6 is 11.6 Å². The standard InChI is InChI=1S/C28H31B2ClN6O/c29-28(30)12-17-36(23-10-15-35(16-11-23)20-21-4-1-2-5-24(21)31)18-19-37(28)26-7-3-6-25(34-26)27(38)33-22-8-13-32-14-9-22/h1-9,13-14,23H,10-12,15-20H2,(H,32,33,38). The van der Waals surface area contributed by atoms with E-state index in [0.717, 1.165) is 50.6 Å². The average molecular weight is 525 g/mol. The number of carbonyl (C=O) groups is 1. The maximum Gasteiger partial charge on any atom is 0.274 e. The molecule has 3 aromatic rings. The van der Waals surface area contributed by atoms with Crippen molar-refractivity contribution in [2.75, 3.05) is 42.9 Å². The molecule has 1 aromatic carbocycles. The van der Waals surface area contributed by atoms with Gasteiger partial charge >= 0.3 is 0 Å². The van der Waals surface area contributed by atoms with E-state index < -0.39 is 5.34 Å². The topological polar surface area (TPSA) is 64.6 Å². The first-order chi connectivity index (χ1) is 18.4. The number of hydrogen-bond donors (Lipinski definition) is 1. The fraction of sp³-hybridized carbons (Fsp3) is 0.393. The normalized spacial score (nSPS) is 19.1. The van der Waals surface area contributed by atoms with Gasteiger partial charge in [-0.15, -0.1) is 0 Å². The molecule has 4 heterocycles. The first-order valence-electron chi connectivity index (χ1n) is 13.1. The molecule has 2 aromatic heterocycles. The SMILES string of the molecule is [B]C1([B])CCN(C2CCN(Cc3ccccc3Cl)CC2)CCN1c1cccc(C(=O)Nc2ccncc2)n1. The number of hydrogen-bond acceptors (Lipinski definition) is 6. The fourth-order valence-electron chi connectivity index (χ4n) is 5.34. The smallest absolute Gasteiger partial charge is 0.274 e. The molecule has 0 atom stereocenters. The van der Waals surface area contributed by atoms with E-state index in [4.69, 9.17) is 27.3 Å². The maximum absolute atomic E-state index is 12.8. The Labute approximate surface area is 232 Å². The Hall–Kier alpha value is -2.87. The van der Waals surface area contributed by atoms with E-state index >= 15 is 0 Å². The predicted molar refractivity (Wildman–Crippen MR) is 154 cm³/mol. The number of carbonyl (C=O) groups excluding carboxylic acids is 1. The van der Waals surface area contributed by atoms with Crippen LogP contribution in [-0.4, -0.2) is 85.5 Å². The van der Waals surface area contributed by atoms with Gasteiger partial charge in [0.25, 0.3) is 5.91 Å². The van der Waals surface area contributed by atoms with Crippen LogP contribution < -0.4 is 10.2 Å². The summed E-state index contributed by atoms with van der Waals surface area (Å²) in [5.74, 6) is 0.312. The lowest BCUT2D eigenvalue weighted by atomic mass is 9.59. The summed E-state index contributed by atoms with van der Waals surface area (Å²) in [6.45, 7) is 5.23. The number of likely N-dealkylation sites (tertiary alicyclic amines) is 1. The molecule has 4 radical (unpaired) electrons.